The van der Waals surface area contributed by atoms with E-state index in [1.807, 2.05) is 4.52 Å². The van der Waals surface area contributed by atoms with Crippen LogP contribution in [0.4, 0.5) is 0 Å². The summed E-state index contributed by atoms with van der Waals surface area (Å²) in [6.07, 6.45) is 8.23. The number of rotatable bonds is 10. The van der Waals surface area contributed by atoms with Gasteiger partial charge in [-0.2, -0.15) is 5.10 Å². The van der Waals surface area contributed by atoms with Gasteiger partial charge in [0.25, 0.3) is 0 Å². The van der Waals surface area contributed by atoms with Crippen molar-refractivity contribution < 1.29 is 4.74 Å². The molecule has 4 aromatic rings. The zero-order valence-corrected chi connectivity index (χ0v) is 25.5. The number of nitrogens with zero attached hydrogens (tertiary/aromatic N) is 3. The number of benzene rings is 1. The van der Waals surface area contributed by atoms with Crippen molar-refractivity contribution in [2.45, 2.75) is 77.0 Å². The normalized spacial score (nSPS) is 20.7. The first-order valence-electron chi connectivity index (χ1n) is 15.1. The Morgan fingerprint density at radius 3 is 2.63 bits per heavy atom. The Morgan fingerprint density at radius 2 is 1.98 bits per heavy atom. The van der Waals surface area contributed by atoms with E-state index in [4.69, 9.17) is 26.4 Å². The Labute approximate surface area is 248 Å². The third-order valence-corrected chi connectivity index (χ3v) is 10.1. The first-order chi connectivity index (χ1) is 19.8. The molecule has 2 saturated carbocycles. The molecule has 1 N–H and O–H groups in total. The lowest BCUT2D eigenvalue weighted by Gasteiger charge is -2.20. The highest BCUT2D eigenvalue weighted by Crippen LogP contribution is 2.57. The number of fused-ring (bicyclic) bond motifs is 2. The van der Waals surface area contributed by atoms with Crippen LogP contribution < -0.4 is 10.1 Å². The maximum absolute atomic E-state index is 6.58. The highest BCUT2D eigenvalue weighted by atomic mass is 35.5. The van der Waals surface area contributed by atoms with Crippen LogP contribution >= 0.6 is 11.6 Å². The van der Waals surface area contributed by atoms with Crippen molar-refractivity contribution in [2.24, 2.45) is 5.92 Å². The first-order valence-corrected chi connectivity index (χ1v) is 15.5. The molecule has 2 fully saturated rings. The van der Waals surface area contributed by atoms with Crippen molar-refractivity contribution in [3.05, 3.63) is 87.2 Å². The SMILES string of the molecule is C/C=C(/NCC(c1cc2c(c(-c3ccc(C)c(Cl)c3)n1)C2(C)CC)C1CC1)c1cc(OC)n2nc(C3CC3)cc2c1. The number of hydrogen-bond acceptors (Lipinski definition) is 4. The molecule has 212 valence electrons. The van der Waals surface area contributed by atoms with Crippen molar-refractivity contribution in [1.29, 1.82) is 0 Å². The van der Waals surface area contributed by atoms with E-state index in [1.165, 1.54) is 48.2 Å². The predicted molar refractivity (Wildman–Crippen MR) is 167 cm³/mol. The molecule has 0 radical (unpaired) electrons. The molecular formula is C35H39ClN4O. The van der Waals surface area contributed by atoms with Crippen molar-refractivity contribution >= 4 is 22.8 Å². The highest BCUT2D eigenvalue weighted by Gasteiger charge is 2.49. The average molecular weight is 567 g/mol. The number of methoxy groups -OCH3 is 1. The van der Waals surface area contributed by atoms with Crippen LogP contribution in [-0.4, -0.2) is 28.3 Å². The van der Waals surface area contributed by atoms with E-state index < -0.39 is 0 Å². The van der Waals surface area contributed by atoms with Gasteiger partial charge in [0, 0.05) is 57.4 Å². The Hall–Kier alpha value is -3.31. The zero-order chi connectivity index (χ0) is 28.5. The van der Waals surface area contributed by atoms with E-state index >= 15 is 0 Å². The van der Waals surface area contributed by atoms with Crippen LogP contribution in [0, 0.1) is 12.8 Å². The minimum absolute atomic E-state index is 0.102. The molecule has 0 aliphatic heterocycles. The van der Waals surface area contributed by atoms with Crippen LogP contribution in [0.5, 0.6) is 5.88 Å². The summed E-state index contributed by atoms with van der Waals surface area (Å²) in [4.78, 5) is 5.39. The van der Waals surface area contributed by atoms with E-state index in [-0.39, 0.29) is 5.41 Å². The Bertz CT molecular complexity index is 1700. The summed E-state index contributed by atoms with van der Waals surface area (Å²) >= 11 is 6.58. The molecule has 0 spiro atoms. The number of allylic oxidation sites excluding steroid dienone is 1. The summed E-state index contributed by atoms with van der Waals surface area (Å²) in [6, 6.07) is 15.3. The van der Waals surface area contributed by atoms with Gasteiger partial charge in [-0.1, -0.05) is 43.7 Å². The van der Waals surface area contributed by atoms with Crippen LogP contribution in [0.15, 0.2) is 48.5 Å². The molecule has 2 atom stereocenters. The number of aromatic nitrogens is 3. The molecule has 5 nitrogen and oxygen atoms in total. The molecule has 0 amide bonds. The fraction of sp³-hybridized carbons (Fsp3) is 0.429. The lowest BCUT2D eigenvalue weighted by Crippen LogP contribution is -2.23. The second-order valence-electron chi connectivity index (χ2n) is 12.5. The fourth-order valence-corrected chi connectivity index (χ4v) is 6.68. The Balaban J connectivity index is 1.20. The Morgan fingerprint density at radius 1 is 1.17 bits per heavy atom. The Kier molecular flexibility index (Phi) is 6.42. The van der Waals surface area contributed by atoms with Gasteiger partial charge < -0.3 is 10.1 Å². The maximum Gasteiger partial charge on any atom is 0.215 e. The van der Waals surface area contributed by atoms with Gasteiger partial charge in [-0.25, -0.2) is 4.52 Å². The van der Waals surface area contributed by atoms with E-state index in [0.717, 1.165) is 57.5 Å². The van der Waals surface area contributed by atoms with E-state index in [0.29, 0.717) is 17.8 Å². The minimum atomic E-state index is 0.102. The molecule has 7 rings (SSSR count). The van der Waals surface area contributed by atoms with Gasteiger partial charge in [-0.05, 0) is 92.8 Å². The lowest BCUT2D eigenvalue weighted by molar-refractivity contribution is 0.385. The third kappa shape index (κ3) is 4.63. The monoisotopic (exact) mass is 566 g/mol. The van der Waals surface area contributed by atoms with Gasteiger partial charge in [0.05, 0.1) is 24.0 Å². The van der Waals surface area contributed by atoms with Gasteiger partial charge in [0.15, 0.2) is 0 Å². The quantitative estimate of drug-likeness (QED) is 0.209. The number of halogens is 1. The molecule has 3 aliphatic rings. The average Bonchev–Trinajstić information content (AvgIpc) is 3.91. The van der Waals surface area contributed by atoms with Crippen LogP contribution in [0.1, 0.15) is 98.4 Å². The number of aryl methyl sites for hydroxylation is 1. The first kappa shape index (κ1) is 26.6. The molecular weight excluding hydrogens is 528 g/mol. The highest BCUT2D eigenvalue weighted by molar-refractivity contribution is 6.31. The summed E-state index contributed by atoms with van der Waals surface area (Å²) < 4.78 is 7.70. The largest absolute Gasteiger partial charge is 0.481 e. The molecule has 1 aromatic carbocycles. The molecule has 3 aliphatic carbocycles. The van der Waals surface area contributed by atoms with E-state index in [2.05, 4.69) is 81.6 Å². The molecule has 2 unspecified atom stereocenters. The van der Waals surface area contributed by atoms with Gasteiger partial charge >= 0.3 is 0 Å². The molecule has 0 saturated heterocycles. The van der Waals surface area contributed by atoms with Crippen molar-refractivity contribution in [2.75, 3.05) is 13.7 Å². The van der Waals surface area contributed by atoms with Crippen molar-refractivity contribution in [3.63, 3.8) is 0 Å². The van der Waals surface area contributed by atoms with Crippen LogP contribution in [0.2, 0.25) is 5.02 Å². The van der Waals surface area contributed by atoms with E-state index in [1.54, 1.807) is 7.11 Å². The zero-order valence-electron chi connectivity index (χ0n) is 24.7. The lowest BCUT2D eigenvalue weighted by atomic mass is 9.97. The van der Waals surface area contributed by atoms with Crippen molar-refractivity contribution in [3.8, 4) is 17.1 Å². The minimum Gasteiger partial charge on any atom is -0.481 e. The molecule has 3 aromatic heterocycles. The summed E-state index contributed by atoms with van der Waals surface area (Å²) in [6.45, 7) is 9.63. The molecule has 6 heteroatoms. The smallest absolute Gasteiger partial charge is 0.215 e. The number of hydrogen-bond donors (Lipinski definition) is 1. The van der Waals surface area contributed by atoms with Gasteiger partial charge in [-0.15, -0.1) is 0 Å². The summed E-state index contributed by atoms with van der Waals surface area (Å²) in [7, 11) is 1.72. The van der Waals surface area contributed by atoms with Crippen LogP contribution in [0.25, 0.3) is 22.5 Å². The topological polar surface area (TPSA) is 51.5 Å². The standard InChI is InChI=1S/C35H39ClN4O/c1-6-29(24-14-25-17-30(22-12-13-22)39-40(25)32(16-24)41-5)37-19-26(21-10-11-21)31-18-27-33(35(27,4)7-2)34(38-31)23-9-8-20(3)28(36)15-23/h6,8-9,14-18,21-22,26,37H,7,10-13,19H2,1-5H3/b29-6+. The van der Waals surface area contributed by atoms with E-state index in [9.17, 15) is 0 Å². The molecule has 3 heterocycles. The third-order valence-electron chi connectivity index (χ3n) is 9.71. The predicted octanol–water partition coefficient (Wildman–Crippen LogP) is 8.42. The van der Waals surface area contributed by atoms with Gasteiger partial charge in [0.2, 0.25) is 5.88 Å². The summed E-state index contributed by atoms with van der Waals surface area (Å²) in [5.41, 5.74) is 12.0. The van der Waals surface area contributed by atoms with Crippen molar-refractivity contribution in [1.82, 2.24) is 19.9 Å². The molecule has 41 heavy (non-hydrogen) atoms. The number of nitrogens with one attached hydrogen (secondary N) is 1. The second-order valence-corrected chi connectivity index (χ2v) is 12.9. The number of ether oxygens (including phenoxy) is 1. The number of pyridine rings is 2. The molecule has 0 bridgehead atoms. The van der Waals surface area contributed by atoms with Gasteiger partial charge in [-0.3, -0.25) is 4.98 Å². The maximum atomic E-state index is 6.58. The summed E-state index contributed by atoms with van der Waals surface area (Å²) in [5.74, 6) is 2.36. The van der Waals surface area contributed by atoms with Crippen LogP contribution in [-0.2, 0) is 5.41 Å². The van der Waals surface area contributed by atoms with Gasteiger partial charge in [0.1, 0.15) is 0 Å². The second kappa shape index (κ2) is 9.90. The van der Waals surface area contributed by atoms with Crippen LogP contribution in [0.3, 0.4) is 0 Å². The summed E-state index contributed by atoms with van der Waals surface area (Å²) in [5, 5.41) is 9.45. The fourth-order valence-electron chi connectivity index (χ4n) is 6.50.